The van der Waals surface area contributed by atoms with Crippen molar-refractivity contribution in [1.29, 1.82) is 0 Å². The van der Waals surface area contributed by atoms with Crippen molar-refractivity contribution in [3.63, 3.8) is 0 Å². The first-order valence-corrected chi connectivity index (χ1v) is 17.1. The van der Waals surface area contributed by atoms with Gasteiger partial charge in [-0.25, -0.2) is 4.39 Å². The molecular formula is C38H57FO2. The summed E-state index contributed by atoms with van der Waals surface area (Å²) in [7, 11) is 0. The van der Waals surface area contributed by atoms with Crippen molar-refractivity contribution >= 4 is 21.5 Å². The first-order chi connectivity index (χ1) is 20.2. The largest absolute Gasteiger partial charge is 0.494 e. The van der Waals surface area contributed by atoms with E-state index in [1.807, 2.05) is 24.3 Å². The van der Waals surface area contributed by atoms with Crippen LogP contribution in [0.5, 0.6) is 11.5 Å². The second kappa shape index (κ2) is 20.6. The number of hydrogen-bond acceptors (Lipinski definition) is 2. The fourth-order valence-corrected chi connectivity index (χ4v) is 5.82. The van der Waals surface area contributed by atoms with E-state index in [2.05, 4.69) is 26.0 Å². The summed E-state index contributed by atoms with van der Waals surface area (Å²) >= 11 is 0. The Morgan fingerprint density at radius 3 is 1.49 bits per heavy atom. The molecule has 0 fully saturated rings. The summed E-state index contributed by atoms with van der Waals surface area (Å²) in [5.74, 6) is 1.01. The highest BCUT2D eigenvalue weighted by atomic mass is 19.1. The average molecular weight is 565 g/mol. The van der Waals surface area contributed by atoms with Crippen LogP contribution in [0.25, 0.3) is 21.5 Å². The lowest BCUT2D eigenvalue weighted by Crippen LogP contribution is -2.00. The predicted octanol–water partition coefficient (Wildman–Crippen LogP) is 12.7. The quantitative estimate of drug-likeness (QED) is 0.0795. The van der Waals surface area contributed by atoms with Crippen LogP contribution >= 0.6 is 0 Å². The summed E-state index contributed by atoms with van der Waals surface area (Å²) in [5.41, 5.74) is 0. The van der Waals surface area contributed by atoms with E-state index in [0.717, 1.165) is 47.8 Å². The third kappa shape index (κ3) is 12.2. The molecule has 2 nitrogen and oxygen atoms in total. The van der Waals surface area contributed by atoms with Gasteiger partial charge in [0.2, 0.25) is 0 Å². The summed E-state index contributed by atoms with van der Waals surface area (Å²) in [6, 6.07) is 13.8. The SMILES string of the molecule is CCCCCCCCCCCCOc1ccc2c(ccc3c(F)c(OCCCCCCCCCCCC)ccc32)c1. The molecule has 0 aliphatic heterocycles. The zero-order valence-corrected chi connectivity index (χ0v) is 26.3. The first-order valence-electron chi connectivity index (χ1n) is 17.1. The van der Waals surface area contributed by atoms with Crippen LogP contribution < -0.4 is 9.47 Å². The number of benzene rings is 3. The summed E-state index contributed by atoms with van der Waals surface area (Å²) in [4.78, 5) is 0. The highest BCUT2D eigenvalue weighted by Gasteiger charge is 2.11. The van der Waals surface area contributed by atoms with Gasteiger partial charge in [-0.15, -0.1) is 0 Å². The van der Waals surface area contributed by atoms with Crippen molar-refractivity contribution in [3.05, 3.63) is 48.3 Å². The zero-order valence-electron chi connectivity index (χ0n) is 26.3. The van der Waals surface area contributed by atoms with Gasteiger partial charge >= 0.3 is 0 Å². The van der Waals surface area contributed by atoms with Crippen LogP contribution in [-0.2, 0) is 0 Å². The van der Waals surface area contributed by atoms with Crippen molar-refractivity contribution in [2.24, 2.45) is 0 Å². The van der Waals surface area contributed by atoms with Crippen molar-refractivity contribution in [3.8, 4) is 11.5 Å². The molecule has 0 atom stereocenters. The lowest BCUT2D eigenvalue weighted by atomic mass is 10.0. The average Bonchev–Trinajstić information content (AvgIpc) is 2.99. The molecule has 0 unspecified atom stereocenters. The van der Waals surface area contributed by atoms with Crippen molar-refractivity contribution in [1.82, 2.24) is 0 Å². The maximum atomic E-state index is 15.3. The fourth-order valence-electron chi connectivity index (χ4n) is 5.82. The Morgan fingerprint density at radius 1 is 0.463 bits per heavy atom. The van der Waals surface area contributed by atoms with Gasteiger partial charge in [0.05, 0.1) is 13.2 Å². The van der Waals surface area contributed by atoms with Gasteiger partial charge < -0.3 is 9.47 Å². The van der Waals surface area contributed by atoms with Gasteiger partial charge in [0.25, 0.3) is 0 Å². The van der Waals surface area contributed by atoms with Crippen LogP contribution in [0.15, 0.2) is 42.5 Å². The lowest BCUT2D eigenvalue weighted by Gasteiger charge is -2.12. The molecule has 0 aliphatic carbocycles. The van der Waals surface area contributed by atoms with E-state index in [-0.39, 0.29) is 5.82 Å². The van der Waals surface area contributed by atoms with Gasteiger partial charge in [0, 0.05) is 5.39 Å². The van der Waals surface area contributed by atoms with Crippen LogP contribution in [0.1, 0.15) is 142 Å². The van der Waals surface area contributed by atoms with E-state index in [1.165, 1.54) is 109 Å². The van der Waals surface area contributed by atoms with E-state index in [4.69, 9.17) is 9.47 Å². The molecule has 0 aromatic heterocycles. The maximum Gasteiger partial charge on any atom is 0.172 e. The summed E-state index contributed by atoms with van der Waals surface area (Å²) < 4.78 is 27.2. The topological polar surface area (TPSA) is 18.5 Å². The summed E-state index contributed by atoms with van der Waals surface area (Å²) in [6.07, 6.45) is 26.1. The van der Waals surface area contributed by atoms with Gasteiger partial charge in [-0.3, -0.25) is 0 Å². The molecule has 3 rings (SSSR count). The number of unbranched alkanes of at least 4 members (excludes halogenated alkanes) is 18. The number of hydrogen-bond donors (Lipinski definition) is 0. The van der Waals surface area contributed by atoms with Gasteiger partial charge in [-0.05, 0) is 53.3 Å². The standard InChI is InChI=1S/C38H57FO2/c1-3-5-7-9-11-13-15-17-19-21-29-40-33-24-26-34-32(31-33)23-25-36-35(34)27-28-37(38(36)39)41-30-22-20-18-16-14-12-10-8-6-4-2/h23-28,31H,3-22,29-30H2,1-2H3. The Labute approximate surface area is 250 Å². The number of ether oxygens (including phenoxy) is 2. The van der Waals surface area contributed by atoms with Crippen molar-refractivity contribution < 1.29 is 13.9 Å². The highest BCUT2D eigenvalue weighted by molar-refractivity contribution is 6.08. The van der Waals surface area contributed by atoms with Crippen molar-refractivity contribution in [2.45, 2.75) is 142 Å². The minimum atomic E-state index is -0.252. The molecule has 228 valence electrons. The Hall–Kier alpha value is -2.29. The molecule has 0 N–H and O–H groups in total. The normalized spacial score (nSPS) is 11.5. The molecule has 0 radical (unpaired) electrons. The molecule has 0 aliphatic rings. The third-order valence-corrected chi connectivity index (χ3v) is 8.41. The zero-order chi connectivity index (χ0) is 29.0. The van der Waals surface area contributed by atoms with Crippen LogP contribution in [0.3, 0.4) is 0 Å². The molecule has 3 aromatic carbocycles. The molecule has 41 heavy (non-hydrogen) atoms. The van der Waals surface area contributed by atoms with E-state index >= 15 is 4.39 Å². The fraction of sp³-hybridized carbons (Fsp3) is 0.632. The van der Waals surface area contributed by atoms with Crippen LogP contribution in [-0.4, -0.2) is 13.2 Å². The van der Waals surface area contributed by atoms with Crippen LogP contribution in [0.4, 0.5) is 4.39 Å². The van der Waals surface area contributed by atoms with E-state index < -0.39 is 0 Å². The number of fused-ring (bicyclic) bond motifs is 3. The van der Waals surface area contributed by atoms with Gasteiger partial charge in [-0.1, -0.05) is 148 Å². The Bertz CT molecular complexity index is 1110. The monoisotopic (exact) mass is 564 g/mol. The van der Waals surface area contributed by atoms with Crippen molar-refractivity contribution in [2.75, 3.05) is 13.2 Å². The number of halogens is 1. The maximum absolute atomic E-state index is 15.3. The smallest absolute Gasteiger partial charge is 0.172 e. The number of rotatable bonds is 24. The van der Waals surface area contributed by atoms with Gasteiger partial charge in [-0.2, -0.15) is 0 Å². The Morgan fingerprint density at radius 2 is 0.927 bits per heavy atom. The first kappa shape index (κ1) is 33.2. The summed E-state index contributed by atoms with van der Waals surface area (Å²) in [5, 5.41) is 3.68. The lowest BCUT2D eigenvalue weighted by molar-refractivity contribution is 0.291. The van der Waals surface area contributed by atoms with Crippen LogP contribution in [0.2, 0.25) is 0 Å². The van der Waals surface area contributed by atoms with E-state index in [0.29, 0.717) is 17.7 Å². The molecule has 3 heteroatoms. The Balaban J connectivity index is 1.37. The van der Waals surface area contributed by atoms with Crippen LogP contribution in [0, 0.1) is 5.82 Å². The molecule has 0 amide bonds. The predicted molar refractivity (Wildman–Crippen MR) is 176 cm³/mol. The second-order valence-corrected chi connectivity index (χ2v) is 12.0. The molecule has 0 saturated carbocycles. The summed E-state index contributed by atoms with van der Waals surface area (Å²) in [6.45, 7) is 5.86. The Kier molecular flexibility index (Phi) is 16.7. The third-order valence-electron chi connectivity index (χ3n) is 8.41. The minimum absolute atomic E-state index is 0.252. The van der Waals surface area contributed by atoms with Gasteiger partial charge in [0.1, 0.15) is 5.75 Å². The van der Waals surface area contributed by atoms with E-state index in [1.54, 1.807) is 6.07 Å². The van der Waals surface area contributed by atoms with E-state index in [9.17, 15) is 0 Å². The molecule has 0 saturated heterocycles. The molecule has 0 bridgehead atoms. The molecule has 3 aromatic rings. The van der Waals surface area contributed by atoms with Gasteiger partial charge in [0.15, 0.2) is 11.6 Å². The molecular weight excluding hydrogens is 507 g/mol. The molecule has 0 heterocycles. The minimum Gasteiger partial charge on any atom is -0.494 e. The highest BCUT2D eigenvalue weighted by Crippen LogP contribution is 2.33. The molecule has 0 spiro atoms. The second-order valence-electron chi connectivity index (χ2n) is 12.0.